The maximum atomic E-state index is 14.6. The molecule has 0 spiro atoms. The van der Waals surface area contributed by atoms with Crippen molar-refractivity contribution in [3.8, 4) is 39.5 Å². The fraction of sp³-hybridized carbons (Fsp3) is 0.179. The van der Waals surface area contributed by atoms with Gasteiger partial charge in [0, 0.05) is 54.1 Å². The Kier molecular flexibility index (Phi) is 6.33. The second-order valence-corrected chi connectivity index (χ2v) is 9.41. The molecule has 6 aromatic rings. The predicted molar refractivity (Wildman–Crippen MR) is 149 cm³/mol. The molecular formula is C28H26FN9O. The second-order valence-electron chi connectivity index (χ2n) is 9.41. The molecule has 196 valence electrons. The minimum atomic E-state index is -0.324. The number of hydrogen-bond acceptors (Lipinski definition) is 8. The number of methoxy groups -OCH3 is 1. The number of rotatable bonds is 8. The first kappa shape index (κ1) is 24.4. The summed E-state index contributed by atoms with van der Waals surface area (Å²) in [7, 11) is 5.60. The maximum absolute atomic E-state index is 14.6. The van der Waals surface area contributed by atoms with Crippen LogP contribution in [0, 0.1) is 5.82 Å². The number of pyridine rings is 3. The molecule has 0 fully saturated rings. The van der Waals surface area contributed by atoms with Crippen LogP contribution in [0.2, 0.25) is 0 Å². The van der Waals surface area contributed by atoms with Crippen molar-refractivity contribution in [2.75, 3.05) is 39.6 Å². The topological polar surface area (TPSA) is 121 Å². The van der Waals surface area contributed by atoms with Gasteiger partial charge in [-0.15, -0.1) is 0 Å². The van der Waals surface area contributed by atoms with Crippen LogP contribution in [0.25, 0.3) is 56.0 Å². The number of hydrogen-bond donors (Lipinski definition) is 3. The van der Waals surface area contributed by atoms with Crippen LogP contribution < -0.4 is 10.1 Å². The number of fused-ring (bicyclic) bond motifs is 2. The summed E-state index contributed by atoms with van der Waals surface area (Å²) in [5.41, 5.74) is 6.38. The lowest BCUT2D eigenvalue weighted by molar-refractivity contribution is 0.413. The summed E-state index contributed by atoms with van der Waals surface area (Å²) in [4.78, 5) is 23.4. The number of ether oxygens (including phenoxy) is 1. The summed E-state index contributed by atoms with van der Waals surface area (Å²) in [6, 6.07) is 10.7. The minimum Gasteiger partial charge on any atom is -0.495 e. The highest BCUT2D eigenvalue weighted by atomic mass is 19.1. The standard InChI is InChI=1S/C28H26FN9O/c1-38(2)7-6-31-20-9-16(8-19(29)12-20)22-4-5-32-27-24(22)34-28(35-27)25-23-11-18(14-33-26(23)37-36-25)17-10-21(39-3)15-30-13-17/h4-5,8-15,31H,6-7H2,1-3H3,(H,32,34,35)(H,33,36,37). The van der Waals surface area contributed by atoms with Crippen LogP contribution in [0.4, 0.5) is 10.1 Å². The number of aromatic amines is 2. The van der Waals surface area contributed by atoms with Crippen molar-refractivity contribution in [1.82, 2.24) is 40.0 Å². The summed E-state index contributed by atoms with van der Waals surface area (Å²) in [6.07, 6.45) is 6.83. The predicted octanol–water partition coefficient (Wildman–Crippen LogP) is 4.75. The average Bonchev–Trinajstić information content (AvgIpc) is 3.56. The third-order valence-electron chi connectivity index (χ3n) is 6.42. The van der Waals surface area contributed by atoms with Gasteiger partial charge in [0.25, 0.3) is 0 Å². The number of nitrogens with one attached hydrogen (secondary N) is 3. The maximum Gasteiger partial charge on any atom is 0.181 e. The van der Waals surface area contributed by atoms with Gasteiger partial charge >= 0.3 is 0 Å². The van der Waals surface area contributed by atoms with E-state index < -0.39 is 0 Å². The van der Waals surface area contributed by atoms with Crippen molar-refractivity contribution in [3.05, 3.63) is 67.0 Å². The van der Waals surface area contributed by atoms with E-state index in [-0.39, 0.29) is 5.82 Å². The number of nitrogens with zero attached hydrogens (tertiary/aromatic N) is 6. The number of imidazole rings is 1. The summed E-state index contributed by atoms with van der Waals surface area (Å²) in [5.74, 6) is 0.884. The van der Waals surface area contributed by atoms with Gasteiger partial charge in [-0.05, 0) is 56.1 Å². The van der Waals surface area contributed by atoms with Crippen LogP contribution in [0.5, 0.6) is 5.75 Å². The Balaban J connectivity index is 1.40. The van der Waals surface area contributed by atoms with Gasteiger partial charge in [-0.2, -0.15) is 5.10 Å². The SMILES string of the molecule is COc1cncc(-c2cnc3n[nH]c(-c4nc5nccc(-c6cc(F)cc(NCCN(C)C)c6)c5[nH]4)c3c2)c1. The Morgan fingerprint density at radius 1 is 0.974 bits per heavy atom. The number of benzene rings is 1. The number of anilines is 1. The molecule has 0 aliphatic carbocycles. The smallest absolute Gasteiger partial charge is 0.181 e. The van der Waals surface area contributed by atoms with Crippen LogP contribution in [0.15, 0.2) is 61.2 Å². The molecule has 11 heteroatoms. The zero-order valence-corrected chi connectivity index (χ0v) is 21.7. The van der Waals surface area contributed by atoms with Crippen molar-refractivity contribution in [3.63, 3.8) is 0 Å². The first-order valence-electron chi connectivity index (χ1n) is 12.4. The molecule has 0 bridgehead atoms. The Morgan fingerprint density at radius 3 is 2.69 bits per heavy atom. The highest BCUT2D eigenvalue weighted by Crippen LogP contribution is 2.33. The zero-order chi connectivity index (χ0) is 26.9. The molecule has 5 heterocycles. The molecular weight excluding hydrogens is 497 g/mol. The van der Waals surface area contributed by atoms with Gasteiger partial charge in [0.15, 0.2) is 17.1 Å². The van der Waals surface area contributed by atoms with E-state index in [4.69, 9.17) is 9.72 Å². The summed E-state index contributed by atoms with van der Waals surface area (Å²) >= 11 is 0. The van der Waals surface area contributed by atoms with Gasteiger partial charge in [-0.3, -0.25) is 10.1 Å². The van der Waals surface area contributed by atoms with Gasteiger partial charge in [-0.25, -0.2) is 19.3 Å². The molecule has 0 unspecified atom stereocenters. The third kappa shape index (κ3) is 4.87. The van der Waals surface area contributed by atoms with Crippen molar-refractivity contribution in [2.24, 2.45) is 0 Å². The molecule has 0 saturated carbocycles. The van der Waals surface area contributed by atoms with Crippen LogP contribution >= 0.6 is 0 Å². The van der Waals surface area contributed by atoms with E-state index in [2.05, 4.69) is 40.3 Å². The largest absolute Gasteiger partial charge is 0.495 e. The monoisotopic (exact) mass is 523 g/mol. The van der Waals surface area contributed by atoms with Gasteiger partial charge in [-0.1, -0.05) is 0 Å². The fourth-order valence-corrected chi connectivity index (χ4v) is 4.47. The van der Waals surface area contributed by atoms with Gasteiger partial charge < -0.3 is 19.9 Å². The van der Waals surface area contributed by atoms with Gasteiger partial charge in [0.1, 0.15) is 17.3 Å². The molecule has 0 aliphatic heterocycles. The lowest BCUT2D eigenvalue weighted by Gasteiger charge is -2.13. The van der Waals surface area contributed by atoms with E-state index >= 15 is 0 Å². The quantitative estimate of drug-likeness (QED) is 0.262. The van der Waals surface area contributed by atoms with Gasteiger partial charge in [0.05, 0.1) is 24.2 Å². The molecule has 5 aromatic heterocycles. The van der Waals surface area contributed by atoms with Crippen LogP contribution in [-0.4, -0.2) is 74.3 Å². The molecule has 0 atom stereocenters. The molecule has 0 saturated heterocycles. The van der Waals surface area contributed by atoms with Crippen LogP contribution in [-0.2, 0) is 0 Å². The second kappa shape index (κ2) is 10.1. The van der Waals surface area contributed by atoms with E-state index in [9.17, 15) is 4.39 Å². The highest BCUT2D eigenvalue weighted by molar-refractivity contribution is 5.96. The lowest BCUT2D eigenvalue weighted by Crippen LogP contribution is -2.20. The molecule has 1 aromatic carbocycles. The minimum absolute atomic E-state index is 0.324. The number of aromatic nitrogens is 7. The Bertz CT molecular complexity index is 1790. The third-order valence-corrected chi connectivity index (χ3v) is 6.42. The number of H-pyrrole nitrogens is 2. The van der Waals surface area contributed by atoms with Crippen molar-refractivity contribution >= 4 is 27.9 Å². The lowest BCUT2D eigenvalue weighted by atomic mass is 10.0. The first-order chi connectivity index (χ1) is 19.0. The Hall–Kier alpha value is -4.90. The summed E-state index contributed by atoms with van der Waals surface area (Å²) < 4.78 is 19.9. The molecule has 0 radical (unpaired) electrons. The van der Waals surface area contributed by atoms with E-state index in [1.807, 2.05) is 38.4 Å². The normalized spacial score (nSPS) is 11.5. The molecule has 0 amide bonds. The first-order valence-corrected chi connectivity index (χ1v) is 12.4. The zero-order valence-electron chi connectivity index (χ0n) is 21.7. The summed E-state index contributed by atoms with van der Waals surface area (Å²) in [6.45, 7) is 1.53. The molecule has 3 N–H and O–H groups in total. The number of halogens is 1. The van der Waals surface area contributed by atoms with E-state index in [0.717, 1.165) is 28.6 Å². The van der Waals surface area contributed by atoms with Crippen molar-refractivity contribution in [1.29, 1.82) is 0 Å². The van der Waals surface area contributed by atoms with E-state index in [1.165, 1.54) is 12.1 Å². The molecule has 39 heavy (non-hydrogen) atoms. The van der Waals surface area contributed by atoms with Crippen LogP contribution in [0.1, 0.15) is 0 Å². The molecule has 6 rings (SSSR count). The number of likely N-dealkylation sites (N-methyl/N-ethyl adjacent to an activating group) is 1. The van der Waals surface area contributed by atoms with Crippen LogP contribution in [0.3, 0.4) is 0 Å². The molecule has 0 aliphatic rings. The highest BCUT2D eigenvalue weighted by Gasteiger charge is 2.17. The van der Waals surface area contributed by atoms with E-state index in [0.29, 0.717) is 51.9 Å². The molecule has 10 nitrogen and oxygen atoms in total. The summed E-state index contributed by atoms with van der Waals surface area (Å²) in [5, 5.41) is 11.5. The average molecular weight is 524 g/mol. The fourth-order valence-electron chi connectivity index (χ4n) is 4.47. The van der Waals surface area contributed by atoms with Crippen molar-refractivity contribution in [2.45, 2.75) is 0 Å². The van der Waals surface area contributed by atoms with E-state index in [1.54, 1.807) is 31.9 Å². The van der Waals surface area contributed by atoms with Gasteiger partial charge in [0.2, 0.25) is 0 Å². The Labute approximate surface area is 223 Å². The Morgan fingerprint density at radius 2 is 1.85 bits per heavy atom. The van der Waals surface area contributed by atoms with Crippen molar-refractivity contribution < 1.29 is 9.13 Å².